The van der Waals surface area contributed by atoms with Crippen LogP contribution >= 0.6 is 0 Å². The number of amides is 1. The molecule has 3 aromatic rings. The third kappa shape index (κ3) is 3.35. The van der Waals surface area contributed by atoms with Gasteiger partial charge in [0.2, 0.25) is 0 Å². The smallest absolute Gasteiger partial charge is 0.300 e. The molecule has 0 radical (unpaired) electrons. The van der Waals surface area contributed by atoms with Gasteiger partial charge in [0.15, 0.2) is 0 Å². The number of nitrogens with zero attached hydrogens (tertiary/aromatic N) is 1. The van der Waals surface area contributed by atoms with Crippen molar-refractivity contribution in [2.24, 2.45) is 0 Å². The molecule has 3 aromatic carbocycles. The SMILES string of the molecule is COc1cccc(N2C(=O)C(=O)/C(=C(/O)c3ccccc3)C2c2cccc(C)c2)c1. The van der Waals surface area contributed by atoms with Crippen LogP contribution in [0.4, 0.5) is 5.69 Å². The van der Waals surface area contributed by atoms with Crippen molar-refractivity contribution in [3.63, 3.8) is 0 Å². The van der Waals surface area contributed by atoms with Crippen LogP contribution in [0.15, 0.2) is 84.4 Å². The van der Waals surface area contributed by atoms with Gasteiger partial charge >= 0.3 is 0 Å². The number of anilines is 1. The molecule has 1 atom stereocenters. The number of ether oxygens (including phenoxy) is 1. The summed E-state index contributed by atoms with van der Waals surface area (Å²) in [5.41, 5.74) is 2.81. The third-order valence-electron chi connectivity index (χ3n) is 5.18. The van der Waals surface area contributed by atoms with E-state index in [1.807, 2.05) is 37.3 Å². The summed E-state index contributed by atoms with van der Waals surface area (Å²) in [5.74, 6) is -1.02. The fourth-order valence-electron chi connectivity index (χ4n) is 3.77. The molecular weight excluding hydrogens is 378 g/mol. The van der Waals surface area contributed by atoms with E-state index >= 15 is 0 Å². The number of aliphatic hydroxyl groups excluding tert-OH is 1. The van der Waals surface area contributed by atoms with Gasteiger partial charge in [0.25, 0.3) is 11.7 Å². The average Bonchev–Trinajstić information content (AvgIpc) is 3.04. The van der Waals surface area contributed by atoms with E-state index in [9.17, 15) is 14.7 Å². The molecule has 1 amide bonds. The number of aryl methyl sites for hydroxylation is 1. The Bertz CT molecular complexity index is 1150. The van der Waals surface area contributed by atoms with E-state index in [2.05, 4.69) is 0 Å². The summed E-state index contributed by atoms with van der Waals surface area (Å²) in [6.45, 7) is 1.94. The van der Waals surface area contributed by atoms with E-state index in [0.717, 1.165) is 11.1 Å². The van der Waals surface area contributed by atoms with Gasteiger partial charge in [0.1, 0.15) is 11.5 Å². The predicted molar refractivity (Wildman–Crippen MR) is 115 cm³/mol. The number of hydrogen-bond acceptors (Lipinski definition) is 4. The van der Waals surface area contributed by atoms with Crippen LogP contribution in [0.1, 0.15) is 22.7 Å². The summed E-state index contributed by atoms with van der Waals surface area (Å²) in [4.78, 5) is 27.6. The number of carbonyl (C=O) groups excluding carboxylic acids is 2. The number of ketones is 1. The predicted octanol–water partition coefficient (Wildman–Crippen LogP) is 4.63. The van der Waals surface area contributed by atoms with Crippen LogP contribution in [-0.4, -0.2) is 23.9 Å². The van der Waals surface area contributed by atoms with Crippen molar-refractivity contribution in [3.8, 4) is 5.75 Å². The molecule has 150 valence electrons. The zero-order chi connectivity index (χ0) is 21.3. The molecule has 0 aromatic heterocycles. The zero-order valence-corrected chi connectivity index (χ0v) is 16.7. The van der Waals surface area contributed by atoms with Crippen LogP contribution in [0.5, 0.6) is 5.75 Å². The van der Waals surface area contributed by atoms with Crippen LogP contribution in [0.2, 0.25) is 0 Å². The first-order valence-electron chi connectivity index (χ1n) is 9.58. The Hall–Kier alpha value is -3.86. The highest BCUT2D eigenvalue weighted by atomic mass is 16.5. The van der Waals surface area contributed by atoms with E-state index in [0.29, 0.717) is 17.0 Å². The van der Waals surface area contributed by atoms with Gasteiger partial charge in [0.05, 0.1) is 18.7 Å². The Morgan fingerprint density at radius 2 is 1.67 bits per heavy atom. The van der Waals surface area contributed by atoms with Crippen molar-refractivity contribution in [2.75, 3.05) is 12.0 Å². The number of hydrogen-bond donors (Lipinski definition) is 1. The summed E-state index contributed by atoms with van der Waals surface area (Å²) >= 11 is 0. The minimum Gasteiger partial charge on any atom is -0.507 e. The van der Waals surface area contributed by atoms with E-state index < -0.39 is 17.7 Å². The minimum atomic E-state index is -0.753. The van der Waals surface area contributed by atoms with Crippen molar-refractivity contribution in [1.82, 2.24) is 0 Å². The molecule has 1 heterocycles. The van der Waals surface area contributed by atoms with E-state index in [4.69, 9.17) is 4.74 Å². The lowest BCUT2D eigenvalue weighted by atomic mass is 9.94. The lowest BCUT2D eigenvalue weighted by Gasteiger charge is -2.26. The first-order chi connectivity index (χ1) is 14.5. The second kappa shape index (κ2) is 7.87. The van der Waals surface area contributed by atoms with Gasteiger partial charge < -0.3 is 9.84 Å². The first-order valence-corrected chi connectivity index (χ1v) is 9.58. The molecule has 1 aliphatic rings. The Balaban J connectivity index is 1.96. The van der Waals surface area contributed by atoms with Gasteiger partial charge in [-0.25, -0.2) is 0 Å². The maximum atomic E-state index is 13.1. The molecule has 0 spiro atoms. The molecule has 0 aliphatic carbocycles. The van der Waals surface area contributed by atoms with Crippen molar-refractivity contribution in [2.45, 2.75) is 13.0 Å². The molecule has 0 saturated carbocycles. The number of Topliss-reactive ketones (excluding diaryl/α,β-unsaturated/α-hetero) is 1. The van der Waals surface area contributed by atoms with Gasteiger partial charge in [-0.2, -0.15) is 0 Å². The fraction of sp³-hybridized carbons (Fsp3) is 0.120. The number of methoxy groups -OCH3 is 1. The maximum Gasteiger partial charge on any atom is 0.300 e. The third-order valence-corrected chi connectivity index (χ3v) is 5.18. The fourth-order valence-corrected chi connectivity index (χ4v) is 3.77. The van der Waals surface area contributed by atoms with E-state index in [-0.39, 0.29) is 11.3 Å². The van der Waals surface area contributed by atoms with Gasteiger partial charge in [-0.3, -0.25) is 14.5 Å². The molecule has 1 N–H and O–H groups in total. The molecule has 1 unspecified atom stereocenters. The molecule has 5 heteroatoms. The average molecular weight is 399 g/mol. The topological polar surface area (TPSA) is 66.8 Å². The van der Waals surface area contributed by atoms with Gasteiger partial charge in [-0.05, 0) is 24.6 Å². The van der Waals surface area contributed by atoms with Crippen molar-refractivity contribution in [3.05, 3.63) is 101 Å². The lowest BCUT2D eigenvalue weighted by Crippen LogP contribution is -2.29. The van der Waals surface area contributed by atoms with Gasteiger partial charge in [-0.15, -0.1) is 0 Å². The molecule has 4 rings (SSSR count). The van der Waals surface area contributed by atoms with Crippen LogP contribution in [0.3, 0.4) is 0 Å². The number of carbonyl (C=O) groups is 2. The van der Waals surface area contributed by atoms with Crippen LogP contribution in [0.25, 0.3) is 5.76 Å². The Morgan fingerprint density at radius 3 is 2.37 bits per heavy atom. The Morgan fingerprint density at radius 1 is 0.933 bits per heavy atom. The van der Waals surface area contributed by atoms with Crippen molar-refractivity contribution in [1.29, 1.82) is 0 Å². The summed E-state index contributed by atoms with van der Waals surface area (Å²) in [6, 6.07) is 22.6. The monoisotopic (exact) mass is 399 g/mol. The summed E-state index contributed by atoms with van der Waals surface area (Å²) in [7, 11) is 1.54. The van der Waals surface area contributed by atoms with Crippen LogP contribution < -0.4 is 9.64 Å². The molecule has 5 nitrogen and oxygen atoms in total. The largest absolute Gasteiger partial charge is 0.507 e. The van der Waals surface area contributed by atoms with Crippen LogP contribution in [0, 0.1) is 6.92 Å². The number of aliphatic hydroxyl groups is 1. The molecule has 1 fully saturated rings. The number of rotatable bonds is 4. The van der Waals surface area contributed by atoms with Crippen molar-refractivity contribution < 1.29 is 19.4 Å². The summed E-state index contributed by atoms with van der Waals surface area (Å²) in [5, 5.41) is 11.0. The zero-order valence-electron chi connectivity index (χ0n) is 16.7. The molecule has 0 bridgehead atoms. The standard InChI is InChI=1S/C25H21NO4/c1-16-8-6-11-18(14-16)22-21(23(27)17-9-4-3-5-10-17)24(28)25(29)26(22)19-12-7-13-20(15-19)30-2/h3-15,22,27H,1-2H3/b23-21+. The van der Waals surface area contributed by atoms with Gasteiger partial charge in [-0.1, -0.05) is 66.2 Å². The Labute approximate surface area is 174 Å². The van der Waals surface area contributed by atoms with E-state index in [1.54, 1.807) is 55.6 Å². The molecule has 1 aliphatic heterocycles. The van der Waals surface area contributed by atoms with Crippen LogP contribution in [-0.2, 0) is 9.59 Å². The normalized spacial score (nSPS) is 17.9. The first kappa shape index (κ1) is 19.5. The second-order valence-electron chi connectivity index (χ2n) is 7.15. The van der Waals surface area contributed by atoms with Crippen molar-refractivity contribution >= 4 is 23.1 Å². The minimum absolute atomic E-state index is 0.0691. The molecule has 1 saturated heterocycles. The summed E-state index contributed by atoms with van der Waals surface area (Å²) < 4.78 is 5.30. The highest BCUT2D eigenvalue weighted by Crippen LogP contribution is 2.42. The van der Waals surface area contributed by atoms with Gasteiger partial charge in [0, 0.05) is 17.3 Å². The molecular formula is C25H21NO4. The second-order valence-corrected chi connectivity index (χ2v) is 7.15. The quantitative estimate of drug-likeness (QED) is 0.395. The lowest BCUT2D eigenvalue weighted by molar-refractivity contribution is -0.132. The number of benzene rings is 3. The van der Waals surface area contributed by atoms with E-state index in [1.165, 1.54) is 4.90 Å². The maximum absolute atomic E-state index is 13.1. The summed E-state index contributed by atoms with van der Waals surface area (Å²) in [6.07, 6.45) is 0. The Kier molecular flexibility index (Phi) is 5.11. The molecule has 30 heavy (non-hydrogen) atoms. The highest BCUT2D eigenvalue weighted by Gasteiger charge is 2.47. The highest BCUT2D eigenvalue weighted by molar-refractivity contribution is 6.51.